The van der Waals surface area contributed by atoms with Gasteiger partial charge < -0.3 is 10.2 Å². The van der Waals surface area contributed by atoms with E-state index < -0.39 is 0 Å². The van der Waals surface area contributed by atoms with Gasteiger partial charge in [-0.25, -0.2) is 4.98 Å². The molecular formula is C10H8N2O2. The minimum absolute atomic E-state index is 0.189. The molecule has 70 valence electrons. The smallest absolute Gasteiger partial charge is 0.214 e. The molecule has 0 aliphatic carbocycles. The van der Waals surface area contributed by atoms with Crippen molar-refractivity contribution in [3.05, 3.63) is 48.0 Å². The first kappa shape index (κ1) is 8.50. The Hall–Kier alpha value is -2.10. The Morgan fingerprint density at radius 2 is 2.21 bits per heavy atom. The van der Waals surface area contributed by atoms with Gasteiger partial charge in [-0.05, 0) is 18.2 Å². The lowest BCUT2D eigenvalue weighted by Crippen LogP contribution is -2.04. The summed E-state index contributed by atoms with van der Waals surface area (Å²) in [6.45, 7) is 0. The molecule has 2 rings (SSSR count). The van der Waals surface area contributed by atoms with Crippen LogP contribution in [0.5, 0.6) is 0 Å². The second kappa shape index (κ2) is 3.33. The van der Waals surface area contributed by atoms with Gasteiger partial charge in [0.15, 0.2) is 0 Å². The summed E-state index contributed by atoms with van der Waals surface area (Å²) in [7, 11) is 0. The Kier molecular flexibility index (Phi) is 2.02. The van der Waals surface area contributed by atoms with E-state index in [2.05, 4.69) is 4.98 Å². The third-order valence-electron chi connectivity index (χ3n) is 1.79. The van der Waals surface area contributed by atoms with E-state index in [4.69, 9.17) is 10.2 Å². The van der Waals surface area contributed by atoms with Crippen molar-refractivity contribution >= 4 is 11.6 Å². The molecule has 0 amide bonds. The first-order valence-corrected chi connectivity index (χ1v) is 4.07. The quantitative estimate of drug-likeness (QED) is 0.725. The number of furan rings is 1. The van der Waals surface area contributed by atoms with E-state index in [9.17, 15) is 4.79 Å². The minimum Gasteiger partial charge on any atom is -0.472 e. The number of carbonyl (C=O) groups is 1. The van der Waals surface area contributed by atoms with Crippen molar-refractivity contribution in [2.24, 2.45) is 0 Å². The van der Waals surface area contributed by atoms with Crippen LogP contribution < -0.4 is 5.73 Å². The molecule has 0 atom stereocenters. The highest BCUT2D eigenvalue weighted by Crippen LogP contribution is 2.09. The van der Waals surface area contributed by atoms with E-state index in [0.29, 0.717) is 17.1 Å². The number of nitrogen functional groups attached to an aromatic ring is 1. The molecule has 4 nitrogen and oxygen atoms in total. The number of ketones is 1. The standard InChI is InChI=1S/C10H8N2O2/c11-9-3-1-2-8(12-9)10(13)7-4-5-14-6-7/h1-6H,(H2,11,12). The molecule has 14 heavy (non-hydrogen) atoms. The highest BCUT2D eigenvalue weighted by Gasteiger charge is 2.11. The maximum absolute atomic E-state index is 11.7. The molecule has 0 aromatic carbocycles. The molecule has 0 saturated carbocycles. The fourth-order valence-electron chi connectivity index (χ4n) is 1.12. The second-order valence-electron chi connectivity index (χ2n) is 2.79. The Balaban J connectivity index is 2.37. The Morgan fingerprint density at radius 3 is 2.86 bits per heavy atom. The number of hydrogen-bond acceptors (Lipinski definition) is 4. The second-order valence-corrected chi connectivity index (χ2v) is 2.79. The zero-order valence-corrected chi connectivity index (χ0v) is 7.31. The van der Waals surface area contributed by atoms with E-state index in [1.807, 2.05) is 0 Å². The van der Waals surface area contributed by atoms with E-state index >= 15 is 0 Å². The van der Waals surface area contributed by atoms with Gasteiger partial charge in [-0.1, -0.05) is 6.07 Å². The highest BCUT2D eigenvalue weighted by molar-refractivity contribution is 6.07. The maximum atomic E-state index is 11.7. The van der Waals surface area contributed by atoms with Crippen LogP contribution in [-0.4, -0.2) is 10.8 Å². The zero-order chi connectivity index (χ0) is 9.97. The molecule has 0 bridgehead atoms. The lowest BCUT2D eigenvalue weighted by atomic mass is 10.1. The van der Waals surface area contributed by atoms with Gasteiger partial charge in [0.05, 0.1) is 11.8 Å². The number of nitrogens with zero attached hydrogens (tertiary/aromatic N) is 1. The normalized spacial score (nSPS) is 10.0. The number of hydrogen-bond donors (Lipinski definition) is 1. The number of pyridine rings is 1. The van der Waals surface area contributed by atoms with Crippen LogP contribution in [0.3, 0.4) is 0 Å². The molecule has 2 heterocycles. The summed E-state index contributed by atoms with van der Waals surface area (Å²) in [4.78, 5) is 15.6. The van der Waals surface area contributed by atoms with Gasteiger partial charge >= 0.3 is 0 Å². The predicted molar refractivity (Wildman–Crippen MR) is 50.8 cm³/mol. The molecule has 0 unspecified atom stereocenters. The van der Waals surface area contributed by atoms with Gasteiger partial charge in [-0.2, -0.15) is 0 Å². The van der Waals surface area contributed by atoms with Crippen LogP contribution in [-0.2, 0) is 0 Å². The van der Waals surface area contributed by atoms with Crippen molar-refractivity contribution in [2.45, 2.75) is 0 Å². The molecule has 2 aromatic rings. The molecule has 2 N–H and O–H groups in total. The predicted octanol–water partition coefficient (Wildman–Crippen LogP) is 1.49. The Bertz CT molecular complexity index is 449. The summed E-state index contributed by atoms with van der Waals surface area (Å²) in [5.74, 6) is 0.144. The van der Waals surface area contributed by atoms with E-state index in [0.717, 1.165) is 0 Å². The van der Waals surface area contributed by atoms with Crippen LogP contribution in [0.1, 0.15) is 16.1 Å². The van der Waals surface area contributed by atoms with E-state index in [-0.39, 0.29) is 5.78 Å². The summed E-state index contributed by atoms with van der Waals surface area (Å²) in [6.07, 6.45) is 2.83. The summed E-state index contributed by atoms with van der Waals surface area (Å²) in [5.41, 5.74) is 6.26. The lowest BCUT2D eigenvalue weighted by Gasteiger charge is -1.97. The minimum atomic E-state index is -0.189. The van der Waals surface area contributed by atoms with Crippen LogP contribution in [0.4, 0.5) is 5.82 Å². The topological polar surface area (TPSA) is 69.1 Å². The van der Waals surface area contributed by atoms with Gasteiger partial charge in [-0.3, -0.25) is 4.79 Å². The number of rotatable bonds is 2. The Morgan fingerprint density at radius 1 is 1.36 bits per heavy atom. The molecule has 0 aliphatic rings. The van der Waals surface area contributed by atoms with Gasteiger partial charge in [0.1, 0.15) is 17.8 Å². The maximum Gasteiger partial charge on any atom is 0.214 e. The molecule has 0 fully saturated rings. The fourth-order valence-corrected chi connectivity index (χ4v) is 1.12. The van der Waals surface area contributed by atoms with Crippen molar-refractivity contribution in [3.8, 4) is 0 Å². The first-order chi connectivity index (χ1) is 6.77. The van der Waals surface area contributed by atoms with Crippen LogP contribution in [0.2, 0.25) is 0 Å². The number of carbonyl (C=O) groups excluding carboxylic acids is 1. The van der Waals surface area contributed by atoms with Crippen molar-refractivity contribution in [1.29, 1.82) is 0 Å². The van der Waals surface area contributed by atoms with Crippen molar-refractivity contribution in [3.63, 3.8) is 0 Å². The molecule has 0 spiro atoms. The molecule has 2 aromatic heterocycles. The van der Waals surface area contributed by atoms with Crippen LogP contribution >= 0.6 is 0 Å². The first-order valence-electron chi connectivity index (χ1n) is 4.07. The lowest BCUT2D eigenvalue weighted by molar-refractivity contribution is 0.103. The van der Waals surface area contributed by atoms with Gasteiger partial charge in [0.2, 0.25) is 5.78 Å². The largest absolute Gasteiger partial charge is 0.472 e. The summed E-state index contributed by atoms with van der Waals surface area (Å²) < 4.78 is 4.81. The molecule has 0 radical (unpaired) electrons. The van der Waals surface area contributed by atoms with Crippen molar-refractivity contribution < 1.29 is 9.21 Å². The van der Waals surface area contributed by atoms with Crippen LogP contribution in [0.25, 0.3) is 0 Å². The molecule has 4 heteroatoms. The summed E-state index contributed by atoms with van der Waals surface area (Å²) in [5, 5.41) is 0. The molecular weight excluding hydrogens is 180 g/mol. The number of aromatic nitrogens is 1. The third-order valence-corrected chi connectivity index (χ3v) is 1.79. The average molecular weight is 188 g/mol. The van der Waals surface area contributed by atoms with E-state index in [1.165, 1.54) is 12.5 Å². The zero-order valence-electron chi connectivity index (χ0n) is 7.31. The summed E-state index contributed by atoms with van der Waals surface area (Å²) >= 11 is 0. The molecule has 0 saturated heterocycles. The average Bonchev–Trinajstić information content (AvgIpc) is 2.69. The van der Waals surface area contributed by atoms with Crippen LogP contribution in [0, 0.1) is 0 Å². The number of anilines is 1. The van der Waals surface area contributed by atoms with Crippen molar-refractivity contribution in [1.82, 2.24) is 4.98 Å². The van der Waals surface area contributed by atoms with Gasteiger partial charge in [0, 0.05) is 0 Å². The van der Waals surface area contributed by atoms with Crippen LogP contribution in [0.15, 0.2) is 41.2 Å². The Labute approximate surface area is 80.4 Å². The third kappa shape index (κ3) is 1.50. The van der Waals surface area contributed by atoms with E-state index in [1.54, 1.807) is 24.3 Å². The summed E-state index contributed by atoms with van der Waals surface area (Å²) in [6, 6.07) is 6.53. The van der Waals surface area contributed by atoms with Gasteiger partial charge in [-0.15, -0.1) is 0 Å². The molecule has 0 aliphatic heterocycles. The number of nitrogens with two attached hydrogens (primary N) is 1. The monoisotopic (exact) mass is 188 g/mol. The van der Waals surface area contributed by atoms with Crippen molar-refractivity contribution in [2.75, 3.05) is 5.73 Å². The fraction of sp³-hybridized carbons (Fsp3) is 0. The highest BCUT2D eigenvalue weighted by atomic mass is 16.3. The SMILES string of the molecule is Nc1cccc(C(=O)c2ccoc2)n1. The van der Waals surface area contributed by atoms with Gasteiger partial charge in [0.25, 0.3) is 0 Å².